The Kier molecular flexibility index (Phi) is 1.95. The van der Waals surface area contributed by atoms with Crippen molar-refractivity contribution in [3.63, 3.8) is 0 Å². The van der Waals surface area contributed by atoms with Crippen LogP contribution in [0.25, 0.3) is 0 Å². The maximum absolute atomic E-state index is 3.64. The van der Waals surface area contributed by atoms with Gasteiger partial charge in [-0.15, -0.1) is 0 Å². The smallest absolute Gasteiger partial charge is 0.0379 e. The van der Waals surface area contributed by atoms with Crippen molar-refractivity contribution in [3.05, 3.63) is 29.8 Å². The SMILES string of the molecule is c1ccc2c(c1)N[C@@H]1CCCNC[C@@H]21. The van der Waals surface area contributed by atoms with Crippen molar-refractivity contribution >= 4 is 5.69 Å². The highest BCUT2D eigenvalue weighted by atomic mass is 15.0. The number of hydrogen-bond acceptors (Lipinski definition) is 2. The van der Waals surface area contributed by atoms with E-state index in [9.17, 15) is 0 Å². The summed E-state index contributed by atoms with van der Waals surface area (Å²) < 4.78 is 0. The Labute approximate surface area is 84.7 Å². The summed E-state index contributed by atoms with van der Waals surface area (Å²) in [7, 11) is 0. The van der Waals surface area contributed by atoms with E-state index in [1.54, 1.807) is 0 Å². The third-order valence-corrected chi connectivity index (χ3v) is 3.42. The van der Waals surface area contributed by atoms with Gasteiger partial charge in [0.15, 0.2) is 0 Å². The molecule has 0 aliphatic carbocycles. The van der Waals surface area contributed by atoms with Gasteiger partial charge < -0.3 is 10.6 Å². The van der Waals surface area contributed by atoms with Crippen LogP contribution in [-0.2, 0) is 0 Å². The van der Waals surface area contributed by atoms with Gasteiger partial charge in [0, 0.05) is 24.2 Å². The molecule has 74 valence electrons. The number of anilines is 1. The van der Waals surface area contributed by atoms with Gasteiger partial charge in [-0.1, -0.05) is 18.2 Å². The summed E-state index contributed by atoms with van der Waals surface area (Å²) in [4.78, 5) is 0. The van der Waals surface area contributed by atoms with Crippen LogP contribution >= 0.6 is 0 Å². The summed E-state index contributed by atoms with van der Waals surface area (Å²) >= 11 is 0. The van der Waals surface area contributed by atoms with E-state index in [0.717, 1.165) is 6.54 Å². The molecule has 1 aromatic carbocycles. The molecule has 2 heteroatoms. The number of benzene rings is 1. The molecular formula is C12H16N2. The van der Waals surface area contributed by atoms with Crippen molar-refractivity contribution in [2.45, 2.75) is 24.8 Å². The topological polar surface area (TPSA) is 24.1 Å². The highest BCUT2D eigenvalue weighted by Crippen LogP contribution is 2.37. The lowest BCUT2D eigenvalue weighted by Gasteiger charge is -2.16. The van der Waals surface area contributed by atoms with Crippen molar-refractivity contribution < 1.29 is 0 Å². The van der Waals surface area contributed by atoms with Crippen LogP contribution in [0.5, 0.6) is 0 Å². The maximum atomic E-state index is 3.64. The summed E-state index contributed by atoms with van der Waals surface area (Å²) in [6.07, 6.45) is 2.59. The standard InChI is InChI=1S/C12H16N2/c1-2-5-11-9(4-1)10-8-13-7-3-6-12(10)14-11/h1-2,4-5,10,12-14H,3,6-8H2/t10-,12+/m0/s1. The van der Waals surface area contributed by atoms with E-state index in [4.69, 9.17) is 0 Å². The van der Waals surface area contributed by atoms with Gasteiger partial charge in [-0.05, 0) is 31.0 Å². The maximum Gasteiger partial charge on any atom is 0.0379 e. The minimum Gasteiger partial charge on any atom is -0.381 e. The second kappa shape index (κ2) is 3.28. The molecule has 0 saturated carbocycles. The van der Waals surface area contributed by atoms with Gasteiger partial charge in [0.2, 0.25) is 0 Å². The van der Waals surface area contributed by atoms with Gasteiger partial charge in [-0.25, -0.2) is 0 Å². The zero-order valence-electron chi connectivity index (χ0n) is 8.29. The van der Waals surface area contributed by atoms with Crippen LogP contribution in [0.15, 0.2) is 24.3 Å². The van der Waals surface area contributed by atoms with E-state index in [0.29, 0.717) is 12.0 Å². The van der Waals surface area contributed by atoms with Crippen molar-refractivity contribution in [3.8, 4) is 0 Å². The van der Waals surface area contributed by atoms with Gasteiger partial charge in [0.25, 0.3) is 0 Å². The third-order valence-electron chi connectivity index (χ3n) is 3.42. The van der Waals surface area contributed by atoms with E-state index in [2.05, 4.69) is 34.9 Å². The van der Waals surface area contributed by atoms with Crippen LogP contribution in [0.4, 0.5) is 5.69 Å². The monoisotopic (exact) mass is 188 g/mol. The average Bonchev–Trinajstić information content (AvgIpc) is 2.42. The number of fused-ring (bicyclic) bond motifs is 3. The first-order chi connectivity index (χ1) is 6.95. The lowest BCUT2D eigenvalue weighted by Crippen LogP contribution is -2.25. The largest absolute Gasteiger partial charge is 0.381 e. The van der Waals surface area contributed by atoms with Gasteiger partial charge in [-0.2, -0.15) is 0 Å². The second-order valence-corrected chi connectivity index (χ2v) is 4.29. The van der Waals surface area contributed by atoms with E-state index < -0.39 is 0 Å². The van der Waals surface area contributed by atoms with Crippen molar-refractivity contribution in [2.24, 2.45) is 0 Å². The molecule has 2 N–H and O–H groups in total. The van der Waals surface area contributed by atoms with Crippen LogP contribution < -0.4 is 10.6 Å². The zero-order chi connectivity index (χ0) is 9.38. The minimum absolute atomic E-state index is 0.669. The molecule has 2 nitrogen and oxygen atoms in total. The molecule has 0 aromatic heterocycles. The van der Waals surface area contributed by atoms with Crippen molar-refractivity contribution in [1.82, 2.24) is 5.32 Å². The molecule has 1 fully saturated rings. The Morgan fingerprint density at radius 2 is 2.14 bits per heavy atom. The van der Waals surface area contributed by atoms with Crippen LogP contribution in [0.3, 0.4) is 0 Å². The fourth-order valence-corrected chi connectivity index (χ4v) is 2.70. The predicted molar refractivity (Wildman–Crippen MR) is 58.7 cm³/mol. The number of hydrogen-bond donors (Lipinski definition) is 2. The molecular weight excluding hydrogens is 172 g/mol. The van der Waals surface area contributed by atoms with Crippen LogP contribution in [0.2, 0.25) is 0 Å². The van der Waals surface area contributed by atoms with E-state index >= 15 is 0 Å². The highest BCUT2D eigenvalue weighted by molar-refractivity contribution is 5.59. The molecule has 1 aromatic rings. The molecule has 0 radical (unpaired) electrons. The molecule has 2 aliphatic heterocycles. The third kappa shape index (κ3) is 1.22. The molecule has 1 saturated heterocycles. The van der Waals surface area contributed by atoms with E-state index in [-0.39, 0.29) is 0 Å². The van der Waals surface area contributed by atoms with E-state index in [1.807, 2.05) is 0 Å². The molecule has 2 heterocycles. The van der Waals surface area contributed by atoms with Crippen LogP contribution in [0, 0.1) is 0 Å². The number of para-hydroxylation sites is 1. The lowest BCUT2D eigenvalue weighted by atomic mass is 9.94. The quantitative estimate of drug-likeness (QED) is 0.650. The summed E-state index contributed by atoms with van der Waals surface area (Å²) in [5.41, 5.74) is 2.86. The van der Waals surface area contributed by atoms with Crippen molar-refractivity contribution in [1.29, 1.82) is 0 Å². The molecule has 0 spiro atoms. The number of nitrogens with one attached hydrogen (secondary N) is 2. The fraction of sp³-hybridized carbons (Fsp3) is 0.500. The molecule has 3 rings (SSSR count). The Morgan fingerprint density at radius 3 is 3.14 bits per heavy atom. The van der Waals surface area contributed by atoms with Gasteiger partial charge in [0.1, 0.15) is 0 Å². The first-order valence-electron chi connectivity index (χ1n) is 5.51. The molecule has 14 heavy (non-hydrogen) atoms. The fourth-order valence-electron chi connectivity index (χ4n) is 2.70. The summed E-state index contributed by atoms with van der Waals surface area (Å²) in [6, 6.07) is 9.39. The number of rotatable bonds is 0. The Hall–Kier alpha value is -1.02. The first kappa shape index (κ1) is 8.30. The van der Waals surface area contributed by atoms with Crippen LogP contribution in [0.1, 0.15) is 24.3 Å². The molecule has 0 unspecified atom stereocenters. The Balaban J connectivity index is 1.96. The summed E-state index contributed by atoms with van der Waals surface area (Å²) in [5, 5.41) is 7.16. The predicted octanol–water partition coefficient (Wildman–Crippen LogP) is 1.95. The van der Waals surface area contributed by atoms with E-state index in [1.165, 1.54) is 30.6 Å². The Morgan fingerprint density at radius 1 is 1.21 bits per heavy atom. The highest BCUT2D eigenvalue weighted by Gasteiger charge is 2.32. The Bertz CT molecular complexity index is 335. The van der Waals surface area contributed by atoms with Gasteiger partial charge >= 0.3 is 0 Å². The van der Waals surface area contributed by atoms with Crippen molar-refractivity contribution in [2.75, 3.05) is 18.4 Å². The molecule has 0 amide bonds. The van der Waals surface area contributed by atoms with Crippen LogP contribution in [-0.4, -0.2) is 19.1 Å². The lowest BCUT2D eigenvalue weighted by molar-refractivity contribution is 0.580. The molecule has 2 aliphatic rings. The van der Waals surface area contributed by atoms with Gasteiger partial charge in [0.05, 0.1) is 0 Å². The first-order valence-corrected chi connectivity index (χ1v) is 5.51. The molecule has 0 bridgehead atoms. The average molecular weight is 188 g/mol. The second-order valence-electron chi connectivity index (χ2n) is 4.29. The van der Waals surface area contributed by atoms with Gasteiger partial charge in [-0.3, -0.25) is 0 Å². The minimum atomic E-state index is 0.669. The summed E-state index contributed by atoms with van der Waals surface area (Å²) in [6.45, 7) is 2.31. The molecule has 2 atom stereocenters. The summed E-state index contributed by atoms with van der Waals surface area (Å²) in [5.74, 6) is 0.689. The normalized spacial score (nSPS) is 30.0. The zero-order valence-corrected chi connectivity index (χ0v) is 8.29.